The zero-order valence-electron chi connectivity index (χ0n) is 10.2. The molecule has 1 heterocycles. The van der Waals surface area contributed by atoms with Crippen LogP contribution in [0.25, 0.3) is 0 Å². The molecule has 0 atom stereocenters. The van der Waals surface area contributed by atoms with E-state index in [0.717, 1.165) is 19.0 Å². The Balaban J connectivity index is 1.77. The normalized spacial score (nSPS) is 14.2. The summed E-state index contributed by atoms with van der Waals surface area (Å²) in [7, 11) is 0. The van der Waals surface area contributed by atoms with Crippen molar-refractivity contribution in [3.63, 3.8) is 0 Å². The minimum Gasteiger partial charge on any atom is -0.364 e. The number of aromatic nitrogens is 2. The lowest BCUT2D eigenvalue weighted by Gasteiger charge is -2.13. The van der Waals surface area contributed by atoms with Gasteiger partial charge in [-0.3, -0.25) is 5.43 Å². The SMILES string of the molecule is NNc1ncc(F)c(NC2Cc3ccccc3C2)n1. The number of halogens is 1. The van der Waals surface area contributed by atoms with Crippen LogP contribution in [0.2, 0.25) is 0 Å². The summed E-state index contributed by atoms with van der Waals surface area (Å²) < 4.78 is 13.6. The van der Waals surface area contributed by atoms with E-state index in [1.807, 2.05) is 12.1 Å². The maximum absolute atomic E-state index is 13.6. The van der Waals surface area contributed by atoms with Crippen molar-refractivity contribution in [2.24, 2.45) is 5.84 Å². The molecule has 0 saturated carbocycles. The zero-order chi connectivity index (χ0) is 13.2. The van der Waals surface area contributed by atoms with Crippen LogP contribution in [-0.2, 0) is 12.8 Å². The van der Waals surface area contributed by atoms with Crippen LogP contribution in [0.4, 0.5) is 16.2 Å². The third-order valence-corrected chi connectivity index (χ3v) is 3.27. The molecular weight excluding hydrogens is 245 g/mol. The maximum atomic E-state index is 13.6. The van der Waals surface area contributed by atoms with Crippen molar-refractivity contribution < 1.29 is 4.39 Å². The van der Waals surface area contributed by atoms with Gasteiger partial charge in [-0.15, -0.1) is 0 Å². The topological polar surface area (TPSA) is 75.9 Å². The number of nitrogens with one attached hydrogen (secondary N) is 2. The monoisotopic (exact) mass is 259 g/mol. The van der Waals surface area contributed by atoms with Crippen LogP contribution >= 0.6 is 0 Å². The standard InChI is InChI=1S/C13H14FN5/c14-11-7-16-13(19-15)18-12(11)17-10-5-8-3-1-2-4-9(8)6-10/h1-4,7,10H,5-6,15H2,(H2,16,17,18,19). The van der Waals surface area contributed by atoms with Crippen LogP contribution in [0.15, 0.2) is 30.5 Å². The number of rotatable bonds is 3. The molecule has 0 radical (unpaired) electrons. The van der Waals surface area contributed by atoms with Gasteiger partial charge in [-0.25, -0.2) is 15.2 Å². The summed E-state index contributed by atoms with van der Waals surface area (Å²) in [4.78, 5) is 7.69. The summed E-state index contributed by atoms with van der Waals surface area (Å²) in [6.07, 6.45) is 2.84. The van der Waals surface area contributed by atoms with E-state index in [-0.39, 0.29) is 17.8 Å². The van der Waals surface area contributed by atoms with Gasteiger partial charge in [0.2, 0.25) is 5.95 Å². The number of nitrogens with two attached hydrogens (primary N) is 1. The lowest BCUT2D eigenvalue weighted by Crippen LogP contribution is -2.22. The van der Waals surface area contributed by atoms with Gasteiger partial charge in [0.25, 0.3) is 0 Å². The number of hydrogen-bond donors (Lipinski definition) is 3. The van der Waals surface area contributed by atoms with Gasteiger partial charge < -0.3 is 5.32 Å². The van der Waals surface area contributed by atoms with Crippen LogP contribution in [0.1, 0.15) is 11.1 Å². The lowest BCUT2D eigenvalue weighted by atomic mass is 10.1. The molecule has 2 aromatic rings. The molecular formula is C13H14FN5. The van der Waals surface area contributed by atoms with E-state index in [2.05, 4.69) is 32.8 Å². The first-order chi connectivity index (χ1) is 9.26. The van der Waals surface area contributed by atoms with Gasteiger partial charge in [0.1, 0.15) is 0 Å². The van der Waals surface area contributed by atoms with Crippen LogP contribution in [0.5, 0.6) is 0 Å². The number of anilines is 2. The quantitative estimate of drug-likeness (QED) is 0.575. The van der Waals surface area contributed by atoms with E-state index >= 15 is 0 Å². The fourth-order valence-corrected chi connectivity index (χ4v) is 2.39. The van der Waals surface area contributed by atoms with E-state index < -0.39 is 5.82 Å². The first kappa shape index (κ1) is 11.9. The largest absolute Gasteiger partial charge is 0.364 e. The molecule has 1 aliphatic carbocycles. The van der Waals surface area contributed by atoms with Gasteiger partial charge in [-0.05, 0) is 24.0 Å². The Morgan fingerprint density at radius 2 is 1.89 bits per heavy atom. The first-order valence-corrected chi connectivity index (χ1v) is 6.08. The zero-order valence-corrected chi connectivity index (χ0v) is 10.2. The molecule has 5 nitrogen and oxygen atoms in total. The Morgan fingerprint density at radius 3 is 2.53 bits per heavy atom. The third-order valence-electron chi connectivity index (χ3n) is 3.27. The minimum absolute atomic E-state index is 0.146. The van der Waals surface area contributed by atoms with Crippen LogP contribution in [0.3, 0.4) is 0 Å². The molecule has 0 saturated heterocycles. The second kappa shape index (κ2) is 4.81. The van der Waals surface area contributed by atoms with Crippen molar-refractivity contribution in [3.05, 3.63) is 47.4 Å². The van der Waals surface area contributed by atoms with Crippen LogP contribution < -0.4 is 16.6 Å². The van der Waals surface area contributed by atoms with Crippen molar-refractivity contribution in [1.82, 2.24) is 9.97 Å². The van der Waals surface area contributed by atoms with Crippen molar-refractivity contribution in [2.45, 2.75) is 18.9 Å². The lowest BCUT2D eigenvalue weighted by molar-refractivity contribution is 0.611. The number of benzene rings is 1. The van der Waals surface area contributed by atoms with E-state index in [0.29, 0.717) is 0 Å². The second-order valence-electron chi connectivity index (χ2n) is 4.55. The Kier molecular flexibility index (Phi) is 3.00. The average molecular weight is 259 g/mol. The molecule has 98 valence electrons. The summed E-state index contributed by atoms with van der Waals surface area (Å²) in [5.41, 5.74) is 4.90. The summed E-state index contributed by atoms with van der Waals surface area (Å²) >= 11 is 0. The number of fused-ring (bicyclic) bond motifs is 1. The second-order valence-corrected chi connectivity index (χ2v) is 4.55. The molecule has 0 spiro atoms. The summed E-state index contributed by atoms with van der Waals surface area (Å²) in [6.45, 7) is 0. The van der Waals surface area contributed by atoms with Crippen LogP contribution in [-0.4, -0.2) is 16.0 Å². The van der Waals surface area contributed by atoms with Crippen molar-refractivity contribution >= 4 is 11.8 Å². The first-order valence-electron chi connectivity index (χ1n) is 6.08. The highest BCUT2D eigenvalue weighted by molar-refractivity contribution is 5.44. The van der Waals surface area contributed by atoms with Gasteiger partial charge in [0.15, 0.2) is 11.6 Å². The molecule has 0 unspecified atom stereocenters. The molecule has 6 heteroatoms. The van der Waals surface area contributed by atoms with Gasteiger partial charge in [0, 0.05) is 6.04 Å². The molecule has 1 aromatic carbocycles. The minimum atomic E-state index is -0.477. The van der Waals surface area contributed by atoms with E-state index in [1.54, 1.807) is 0 Å². The van der Waals surface area contributed by atoms with Crippen molar-refractivity contribution in [3.8, 4) is 0 Å². The number of hydrogen-bond acceptors (Lipinski definition) is 5. The number of hydrazine groups is 1. The van der Waals surface area contributed by atoms with E-state index in [9.17, 15) is 4.39 Å². The predicted molar refractivity (Wildman–Crippen MR) is 71.1 cm³/mol. The van der Waals surface area contributed by atoms with E-state index in [1.165, 1.54) is 11.1 Å². The third kappa shape index (κ3) is 2.34. The summed E-state index contributed by atoms with van der Waals surface area (Å²) in [6, 6.07) is 8.37. The maximum Gasteiger partial charge on any atom is 0.239 e. The smallest absolute Gasteiger partial charge is 0.239 e. The fraction of sp³-hybridized carbons (Fsp3) is 0.231. The summed E-state index contributed by atoms with van der Waals surface area (Å²) in [5.74, 6) is 5.12. The highest BCUT2D eigenvalue weighted by Crippen LogP contribution is 2.24. The Morgan fingerprint density at radius 1 is 1.21 bits per heavy atom. The molecule has 4 N–H and O–H groups in total. The molecule has 1 aliphatic rings. The average Bonchev–Trinajstić information content (AvgIpc) is 2.83. The Bertz CT molecular complexity index is 576. The molecule has 19 heavy (non-hydrogen) atoms. The highest BCUT2D eigenvalue weighted by atomic mass is 19.1. The predicted octanol–water partition coefficient (Wildman–Crippen LogP) is 1.48. The van der Waals surface area contributed by atoms with Gasteiger partial charge in [-0.1, -0.05) is 24.3 Å². The van der Waals surface area contributed by atoms with Gasteiger partial charge in [0.05, 0.1) is 6.20 Å². The van der Waals surface area contributed by atoms with Gasteiger partial charge in [-0.2, -0.15) is 4.98 Å². The molecule has 1 aromatic heterocycles. The number of nitrogen functional groups attached to an aromatic ring is 1. The number of nitrogens with zero attached hydrogens (tertiary/aromatic N) is 2. The highest BCUT2D eigenvalue weighted by Gasteiger charge is 2.22. The summed E-state index contributed by atoms with van der Waals surface area (Å²) in [5, 5.41) is 3.11. The van der Waals surface area contributed by atoms with Crippen LogP contribution in [0, 0.1) is 5.82 Å². The molecule has 0 aliphatic heterocycles. The molecule has 0 fully saturated rings. The molecule has 3 rings (SSSR count). The molecule has 0 amide bonds. The molecule has 0 bridgehead atoms. The van der Waals surface area contributed by atoms with Crippen molar-refractivity contribution in [2.75, 3.05) is 10.7 Å². The van der Waals surface area contributed by atoms with Gasteiger partial charge >= 0.3 is 0 Å². The Hall–Kier alpha value is -2.21. The Labute approximate surface area is 110 Å². The van der Waals surface area contributed by atoms with E-state index in [4.69, 9.17) is 5.84 Å². The van der Waals surface area contributed by atoms with Crippen molar-refractivity contribution in [1.29, 1.82) is 0 Å². The fourth-order valence-electron chi connectivity index (χ4n) is 2.39.